The van der Waals surface area contributed by atoms with Crippen molar-refractivity contribution in [1.82, 2.24) is 24.9 Å². The molecule has 3 aromatic rings. The summed E-state index contributed by atoms with van der Waals surface area (Å²) in [6.45, 7) is 3.76. The van der Waals surface area contributed by atoms with E-state index in [1.165, 1.54) is 31.6 Å². The second-order valence-electron chi connectivity index (χ2n) is 7.85. The van der Waals surface area contributed by atoms with Crippen LogP contribution in [-0.4, -0.2) is 51.1 Å². The van der Waals surface area contributed by atoms with Gasteiger partial charge in [-0.15, -0.1) is 0 Å². The fourth-order valence-corrected chi connectivity index (χ4v) is 4.52. The zero-order chi connectivity index (χ0) is 25.1. The van der Waals surface area contributed by atoms with Gasteiger partial charge in [0.2, 0.25) is 21.6 Å². The largest absolute Gasteiger partial charge is 0.477 e. The number of sulfonamides is 1. The highest BCUT2D eigenvalue weighted by molar-refractivity contribution is 7.93. The molecular formula is C22H24FN7O4S. The van der Waals surface area contributed by atoms with Crippen molar-refractivity contribution < 1.29 is 22.3 Å². The number of ether oxygens (including phenoxy) is 1. The van der Waals surface area contributed by atoms with Crippen molar-refractivity contribution >= 4 is 27.6 Å². The number of halogens is 1. The molecule has 1 aliphatic rings. The van der Waals surface area contributed by atoms with E-state index in [0.717, 1.165) is 6.20 Å². The fraction of sp³-hybridized carbons (Fsp3) is 0.364. The molecule has 3 heterocycles. The van der Waals surface area contributed by atoms with E-state index < -0.39 is 26.8 Å². The standard InChI is InChI=1S/C22H24FN7O4S/c1-3-22(23,17-11-25-12-19(28-17)30-35(32,33)15-6-7-15)21(31)29-18-8-5-14(9-26-18)16-10-24-13-20(27-16)34-4-2/h5,8-13,15H,3-4,6-7H2,1-2H3,(H,28,30)(H,26,29,31)/t22-/m1/s1. The van der Waals surface area contributed by atoms with Crippen LogP contribution in [-0.2, 0) is 20.5 Å². The monoisotopic (exact) mass is 501 g/mol. The van der Waals surface area contributed by atoms with Crippen molar-refractivity contribution in [2.75, 3.05) is 16.6 Å². The number of pyridine rings is 1. The number of anilines is 2. The molecule has 0 spiro atoms. The smallest absolute Gasteiger partial charge is 0.269 e. The molecule has 35 heavy (non-hydrogen) atoms. The predicted molar refractivity (Wildman–Crippen MR) is 126 cm³/mol. The van der Waals surface area contributed by atoms with Gasteiger partial charge in [0.05, 0.1) is 42.3 Å². The lowest BCUT2D eigenvalue weighted by Gasteiger charge is -2.22. The van der Waals surface area contributed by atoms with Crippen LogP contribution in [0.3, 0.4) is 0 Å². The Morgan fingerprint density at radius 1 is 1.09 bits per heavy atom. The van der Waals surface area contributed by atoms with Crippen LogP contribution in [0.2, 0.25) is 0 Å². The van der Waals surface area contributed by atoms with Crippen LogP contribution in [0, 0.1) is 0 Å². The molecule has 0 aliphatic heterocycles. The number of rotatable bonds is 10. The molecule has 1 aliphatic carbocycles. The molecule has 0 unspecified atom stereocenters. The summed E-state index contributed by atoms with van der Waals surface area (Å²) in [4.78, 5) is 33.3. The molecule has 0 saturated heterocycles. The average molecular weight is 502 g/mol. The highest BCUT2D eigenvalue weighted by Gasteiger charge is 2.42. The van der Waals surface area contributed by atoms with Crippen molar-refractivity contribution in [2.45, 2.75) is 44.0 Å². The van der Waals surface area contributed by atoms with E-state index in [0.29, 0.717) is 36.6 Å². The van der Waals surface area contributed by atoms with E-state index in [-0.39, 0.29) is 23.8 Å². The maximum absolute atomic E-state index is 15.8. The van der Waals surface area contributed by atoms with Crippen molar-refractivity contribution in [2.24, 2.45) is 0 Å². The van der Waals surface area contributed by atoms with E-state index in [2.05, 4.69) is 35.0 Å². The van der Waals surface area contributed by atoms with Crippen LogP contribution in [0.15, 0.2) is 43.1 Å². The zero-order valence-corrected chi connectivity index (χ0v) is 19.9. The average Bonchev–Trinajstić information content (AvgIpc) is 3.71. The summed E-state index contributed by atoms with van der Waals surface area (Å²) in [5, 5.41) is 1.96. The number of carbonyl (C=O) groups is 1. The van der Waals surface area contributed by atoms with Gasteiger partial charge in [-0.05, 0) is 38.3 Å². The van der Waals surface area contributed by atoms with Gasteiger partial charge in [0.1, 0.15) is 11.5 Å². The van der Waals surface area contributed by atoms with Gasteiger partial charge in [0.25, 0.3) is 5.91 Å². The molecule has 0 radical (unpaired) electrons. The zero-order valence-electron chi connectivity index (χ0n) is 19.1. The Hall–Kier alpha value is -3.74. The van der Waals surface area contributed by atoms with Crippen molar-refractivity contribution in [1.29, 1.82) is 0 Å². The van der Waals surface area contributed by atoms with E-state index in [1.54, 1.807) is 12.3 Å². The molecule has 1 saturated carbocycles. The summed E-state index contributed by atoms with van der Waals surface area (Å²) in [5.74, 6) is -0.664. The molecule has 13 heteroatoms. The number of nitrogens with zero attached hydrogens (tertiary/aromatic N) is 5. The summed E-state index contributed by atoms with van der Waals surface area (Å²) >= 11 is 0. The lowest BCUT2D eigenvalue weighted by Crippen LogP contribution is -2.37. The number of hydrogen-bond acceptors (Lipinski definition) is 9. The first-order chi connectivity index (χ1) is 16.7. The maximum atomic E-state index is 15.8. The Morgan fingerprint density at radius 3 is 2.51 bits per heavy atom. The molecule has 1 fully saturated rings. The topological polar surface area (TPSA) is 149 Å². The molecule has 2 N–H and O–H groups in total. The number of nitrogens with one attached hydrogen (secondary N) is 2. The van der Waals surface area contributed by atoms with Gasteiger partial charge < -0.3 is 10.1 Å². The quantitative estimate of drug-likeness (QED) is 0.427. The Bertz CT molecular complexity index is 1320. The van der Waals surface area contributed by atoms with Gasteiger partial charge in [-0.3, -0.25) is 19.5 Å². The van der Waals surface area contributed by atoms with Crippen molar-refractivity contribution in [3.63, 3.8) is 0 Å². The number of hydrogen-bond donors (Lipinski definition) is 2. The molecular weight excluding hydrogens is 477 g/mol. The Balaban J connectivity index is 1.50. The summed E-state index contributed by atoms with van der Waals surface area (Å²) in [5.41, 5.74) is -1.73. The highest BCUT2D eigenvalue weighted by atomic mass is 32.2. The fourth-order valence-electron chi connectivity index (χ4n) is 3.21. The van der Waals surface area contributed by atoms with Crippen LogP contribution in [0.5, 0.6) is 5.88 Å². The van der Waals surface area contributed by atoms with Crippen LogP contribution in [0.1, 0.15) is 38.8 Å². The third kappa shape index (κ3) is 5.50. The first kappa shape index (κ1) is 24.4. The molecule has 1 atom stereocenters. The molecule has 3 aromatic heterocycles. The van der Waals surface area contributed by atoms with Crippen LogP contribution < -0.4 is 14.8 Å². The van der Waals surface area contributed by atoms with E-state index in [4.69, 9.17) is 4.74 Å². The van der Waals surface area contributed by atoms with Crippen LogP contribution in [0.4, 0.5) is 16.0 Å². The summed E-state index contributed by atoms with van der Waals surface area (Å²) in [6.07, 6.45) is 7.63. The minimum atomic E-state index is -3.61. The summed E-state index contributed by atoms with van der Waals surface area (Å²) in [6, 6.07) is 3.16. The maximum Gasteiger partial charge on any atom is 0.269 e. The molecule has 0 bridgehead atoms. The Morgan fingerprint density at radius 2 is 1.86 bits per heavy atom. The number of carbonyl (C=O) groups excluding carboxylic acids is 1. The van der Waals surface area contributed by atoms with Crippen molar-refractivity contribution in [3.8, 4) is 17.1 Å². The van der Waals surface area contributed by atoms with Gasteiger partial charge in [0, 0.05) is 11.8 Å². The molecule has 184 valence electrons. The second-order valence-corrected chi connectivity index (χ2v) is 9.81. The molecule has 11 nitrogen and oxygen atoms in total. The highest BCUT2D eigenvalue weighted by Crippen LogP contribution is 2.32. The van der Waals surface area contributed by atoms with E-state index in [9.17, 15) is 13.2 Å². The van der Waals surface area contributed by atoms with Gasteiger partial charge in [-0.25, -0.2) is 27.8 Å². The molecule has 4 rings (SSSR count). The summed E-state index contributed by atoms with van der Waals surface area (Å²) in [7, 11) is -3.61. The second kappa shape index (κ2) is 9.86. The minimum Gasteiger partial charge on any atom is -0.477 e. The lowest BCUT2D eigenvalue weighted by atomic mass is 9.97. The minimum absolute atomic E-state index is 0.113. The predicted octanol–water partition coefficient (Wildman–Crippen LogP) is 2.84. The molecule has 1 amide bonds. The normalized spacial score (nSPS) is 15.2. The van der Waals surface area contributed by atoms with Crippen LogP contribution in [0.25, 0.3) is 11.3 Å². The third-order valence-electron chi connectivity index (χ3n) is 5.30. The van der Waals surface area contributed by atoms with E-state index in [1.807, 2.05) is 6.92 Å². The van der Waals surface area contributed by atoms with Gasteiger partial charge >= 0.3 is 0 Å². The number of aromatic nitrogens is 5. The first-order valence-electron chi connectivity index (χ1n) is 11.0. The number of alkyl halides is 1. The first-order valence-corrected chi connectivity index (χ1v) is 12.6. The number of amides is 1. The Kier molecular flexibility index (Phi) is 6.87. The van der Waals surface area contributed by atoms with Crippen molar-refractivity contribution in [3.05, 3.63) is 48.8 Å². The summed E-state index contributed by atoms with van der Waals surface area (Å²) < 4.78 is 47.8. The van der Waals surface area contributed by atoms with Crippen LogP contribution >= 0.6 is 0 Å². The van der Waals surface area contributed by atoms with Gasteiger partial charge in [0.15, 0.2) is 5.82 Å². The van der Waals surface area contributed by atoms with Gasteiger partial charge in [-0.1, -0.05) is 6.92 Å². The van der Waals surface area contributed by atoms with Gasteiger partial charge in [-0.2, -0.15) is 0 Å². The van der Waals surface area contributed by atoms with E-state index >= 15 is 4.39 Å². The SMILES string of the molecule is CCOc1cncc(-c2ccc(NC(=O)[C@@](F)(CC)c3cncc(NS(=O)(=O)C4CC4)n3)nc2)n1. The molecule has 0 aromatic carbocycles. The lowest BCUT2D eigenvalue weighted by molar-refractivity contribution is -0.128. The third-order valence-corrected chi connectivity index (χ3v) is 7.15. The Labute approximate surface area is 201 Å².